The van der Waals surface area contributed by atoms with Crippen LogP contribution in [0.1, 0.15) is 33.4 Å². The maximum atomic E-state index is 5.00. The van der Waals surface area contributed by atoms with Gasteiger partial charge in [-0.15, -0.1) is 35.4 Å². The molecular weight excluding hydrogens is 762 g/mol. The zero-order chi connectivity index (χ0) is 31.3. The third-order valence-corrected chi connectivity index (χ3v) is 10.8. The van der Waals surface area contributed by atoms with E-state index in [9.17, 15) is 0 Å². The van der Waals surface area contributed by atoms with Gasteiger partial charge in [-0.3, -0.25) is 0 Å². The Morgan fingerprint density at radius 3 is 1.58 bits per heavy atom. The fourth-order valence-corrected chi connectivity index (χ4v) is 8.64. The molecule has 0 saturated carbocycles. The molecule has 0 atom stereocenters. The molecule has 1 spiro atoms. The van der Waals surface area contributed by atoms with Crippen molar-refractivity contribution in [3.8, 4) is 44.6 Å². The van der Waals surface area contributed by atoms with Crippen LogP contribution in [-0.4, -0.2) is 4.98 Å². The molecule has 8 aromatic rings. The number of nitrogens with zero attached hydrogens (tertiary/aromatic N) is 1. The minimum Gasteiger partial charge on any atom is -0.304 e. The van der Waals surface area contributed by atoms with Crippen LogP contribution >= 0.6 is 0 Å². The van der Waals surface area contributed by atoms with E-state index in [1.165, 1.54) is 88.3 Å². The van der Waals surface area contributed by atoms with Gasteiger partial charge >= 0.3 is 0 Å². The normalized spacial score (nSPS) is 13.2. The van der Waals surface area contributed by atoms with E-state index in [4.69, 9.17) is 4.98 Å². The van der Waals surface area contributed by atoms with Crippen LogP contribution in [0.25, 0.3) is 66.2 Å². The number of aryl methyl sites for hydroxylation is 2. The molecule has 0 N–H and O–H groups in total. The van der Waals surface area contributed by atoms with Crippen LogP contribution in [-0.2, 0) is 26.5 Å². The van der Waals surface area contributed by atoms with Crippen molar-refractivity contribution in [3.05, 3.63) is 185 Å². The van der Waals surface area contributed by atoms with Gasteiger partial charge in [-0.1, -0.05) is 109 Å². The van der Waals surface area contributed by atoms with Crippen LogP contribution in [0.5, 0.6) is 0 Å². The summed E-state index contributed by atoms with van der Waals surface area (Å²) < 4.78 is 0. The van der Waals surface area contributed by atoms with E-state index in [0.29, 0.717) is 0 Å². The Hall–Kier alpha value is -5.10. The van der Waals surface area contributed by atoms with Gasteiger partial charge < -0.3 is 4.98 Å². The van der Waals surface area contributed by atoms with E-state index in [1.807, 2.05) is 12.3 Å². The van der Waals surface area contributed by atoms with Crippen molar-refractivity contribution in [2.24, 2.45) is 0 Å². The summed E-state index contributed by atoms with van der Waals surface area (Å²) in [5, 5.41) is 5.17. The first-order valence-electron chi connectivity index (χ1n) is 16.4. The van der Waals surface area contributed by atoms with Crippen molar-refractivity contribution in [3.63, 3.8) is 0 Å². The first-order chi connectivity index (χ1) is 23.1. The zero-order valence-electron chi connectivity index (χ0n) is 26.6. The van der Waals surface area contributed by atoms with Gasteiger partial charge in [0.05, 0.1) is 0 Å². The molecule has 2 aliphatic carbocycles. The number of aromatic nitrogens is 1. The largest absolute Gasteiger partial charge is 0.304 e. The Kier molecular flexibility index (Phi) is 6.49. The summed E-state index contributed by atoms with van der Waals surface area (Å²) in [6.07, 6.45) is 1.92. The molecule has 1 heterocycles. The van der Waals surface area contributed by atoms with Crippen molar-refractivity contribution >= 4 is 21.5 Å². The number of rotatable bonds is 2. The third kappa shape index (κ3) is 3.80. The molecule has 1 aromatic heterocycles. The molecule has 0 saturated heterocycles. The van der Waals surface area contributed by atoms with E-state index in [-0.39, 0.29) is 21.1 Å². The summed E-state index contributed by atoms with van der Waals surface area (Å²) in [5.41, 5.74) is 16.9. The molecular formula is C46H30NPt-. The van der Waals surface area contributed by atoms with Gasteiger partial charge in [-0.05, 0) is 115 Å². The number of hydrogen-bond acceptors (Lipinski definition) is 1. The predicted octanol–water partition coefficient (Wildman–Crippen LogP) is 11.5. The molecule has 0 fully saturated rings. The first-order valence-corrected chi connectivity index (χ1v) is 16.4. The van der Waals surface area contributed by atoms with Crippen molar-refractivity contribution in [1.29, 1.82) is 0 Å². The van der Waals surface area contributed by atoms with Gasteiger partial charge in [-0.25, -0.2) is 0 Å². The van der Waals surface area contributed by atoms with E-state index >= 15 is 0 Å². The average molecular weight is 792 g/mol. The molecule has 48 heavy (non-hydrogen) atoms. The van der Waals surface area contributed by atoms with Crippen molar-refractivity contribution in [1.82, 2.24) is 4.98 Å². The van der Waals surface area contributed by atoms with Gasteiger partial charge in [0.25, 0.3) is 0 Å². The molecule has 0 aliphatic heterocycles. The zero-order valence-corrected chi connectivity index (χ0v) is 28.9. The molecule has 7 aromatic carbocycles. The van der Waals surface area contributed by atoms with Crippen molar-refractivity contribution in [2.45, 2.75) is 19.3 Å². The summed E-state index contributed by atoms with van der Waals surface area (Å²) >= 11 is 0. The van der Waals surface area contributed by atoms with Crippen LogP contribution in [0.15, 0.2) is 146 Å². The standard InChI is InChI=1S/C46H30N.Pt/c1-28-17-21-34(36-12-5-3-10-32(28)36)30-19-23-38-39-24-20-31(35-22-18-29(2)33-11-4-6-13-37(33)35)27-44(39)46(43(38)26-30)41-15-8-7-14-40(41)45-42(46)16-9-25-47-45;/h3-13,15-27H,1-2H3;/q-1;. The molecule has 230 valence electrons. The molecule has 2 heteroatoms. The van der Waals surface area contributed by atoms with Gasteiger partial charge in [0, 0.05) is 32.7 Å². The Bertz CT molecular complexity index is 2430. The van der Waals surface area contributed by atoms with E-state index in [2.05, 4.69) is 153 Å². The fourth-order valence-electron chi connectivity index (χ4n) is 8.64. The van der Waals surface area contributed by atoms with Gasteiger partial charge in [0.15, 0.2) is 0 Å². The second kappa shape index (κ2) is 10.7. The van der Waals surface area contributed by atoms with Gasteiger partial charge in [0.1, 0.15) is 0 Å². The van der Waals surface area contributed by atoms with Crippen molar-refractivity contribution in [2.75, 3.05) is 0 Å². The summed E-state index contributed by atoms with van der Waals surface area (Å²) in [6.45, 7) is 4.40. The molecule has 0 unspecified atom stereocenters. The molecule has 0 amide bonds. The minimum absolute atomic E-state index is 0. The molecule has 1 nitrogen and oxygen atoms in total. The molecule has 2 aliphatic rings. The van der Waals surface area contributed by atoms with Crippen LogP contribution in [0.3, 0.4) is 0 Å². The smallest absolute Gasteiger partial charge is 0.0314 e. The summed E-state index contributed by atoms with van der Waals surface area (Å²) in [6, 6.07) is 55.4. The topological polar surface area (TPSA) is 12.9 Å². The quantitative estimate of drug-likeness (QED) is 0.159. The maximum Gasteiger partial charge on any atom is 0.0314 e. The third-order valence-electron chi connectivity index (χ3n) is 10.8. The molecule has 0 bridgehead atoms. The second-order valence-electron chi connectivity index (χ2n) is 13.1. The van der Waals surface area contributed by atoms with Crippen LogP contribution in [0, 0.1) is 19.9 Å². The number of benzene rings is 7. The second-order valence-corrected chi connectivity index (χ2v) is 13.1. The van der Waals surface area contributed by atoms with Gasteiger partial charge in [0.2, 0.25) is 0 Å². The monoisotopic (exact) mass is 791 g/mol. The first kappa shape index (κ1) is 29.1. The number of fused-ring (bicyclic) bond motifs is 12. The Morgan fingerprint density at radius 1 is 0.479 bits per heavy atom. The van der Waals surface area contributed by atoms with E-state index < -0.39 is 5.41 Å². The van der Waals surface area contributed by atoms with E-state index in [1.54, 1.807) is 0 Å². The minimum atomic E-state index is -0.506. The summed E-state index contributed by atoms with van der Waals surface area (Å²) in [5.74, 6) is 0. The van der Waals surface area contributed by atoms with E-state index in [0.717, 1.165) is 11.3 Å². The van der Waals surface area contributed by atoms with Crippen molar-refractivity contribution < 1.29 is 21.1 Å². The molecule has 0 radical (unpaired) electrons. The van der Waals surface area contributed by atoms with Gasteiger partial charge in [-0.2, -0.15) is 0 Å². The SMILES string of the molecule is Cc1ccc(-c2ccc3c(c2)C2(c4ccc[c-]c4-c4ncccc42)c2cc(-c4ccc(C)c5ccccc45)ccc2-3)c2ccccc12.[Pt]. The fraction of sp³-hybridized carbons (Fsp3) is 0.0652. The van der Waals surface area contributed by atoms with Crippen LogP contribution < -0.4 is 0 Å². The predicted molar refractivity (Wildman–Crippen MR) is 195 cm³/mol. The Balaban J connectivity index is 0.00000314. The number of pyridine rings is 1. The Labute approximate surface area is 295 Å². The summed E-state index contributed by atoms with van der Waals surface area (Å²) in [4.78, 5) is 5.00. The maximum absolute atomic E-state index is 5.00. The average Bonchev–Trinajstić information content (AvgIpc) is 3.59. The Morgan fingerprint density at radius 2 is 1.00 bits per heavy atom. The van der Waals surface area contributed by atoms with Crippen LogP contribution in [0.4, 0.5) is 0 Å². The van der Waals surface area contributed by atoms with Crippen LogP contribution in [0.2, 0.25) is 0 Å². The molecule has 10 rings (SSSR count). The number of hydrogen-bond donors (Lipinski definition) is 0. The summed E-state index contributed by atoms with van der Waals surface area (Å²) in [7, 11) is 0.